The number of nitrogens with one attached hydrogen (secondary N) is 2. The van der Waals surface area contributed by atoms with Crippen LogP contribution in [0.25, 0.3) is 0 Å². The first kappa shape index (κ1) is 17.9. The van der Waals surface area contributed by atoms with Gasteiger partial charge in [-0.1, -0.05) is 30.3 Å². The van der Waals surface area contributed by atoms with Gasteiger partial charge in [0.25, 0.3) is 0 Å². The van der Waals surface area contributed by atoms with Gasteiger partial charge in [-0.3, -0.25) is 0 Å². The summed E-state index contributed by atoms with van der Waals surface area (Å²) in [4.78, 5) is 0. The van der Waals surface area contributed by atoms with Crippen molar-refractivity contribution in [3.05, 3.63) is 84.3 Å². The Kier molecular flexibility index (Phi) is 5.80. The number of alkyl halides is 2. The van der Waals surface area contributed by atoms with Crippen LogP contribution in [0.1, 0.15) is 17.4 Å². The van der Waals surface area contributed by atoms with Gasteiger partial charge in [0.05, 0.1) is 6.26 Å². The highest BCUT2D eigenvalue weighted by Crippen LogP contribution is 2.23. The maximum absolute atomic E-state index is 12.2. The fourth-order valence-corrected chi connectivity index (χ4v) is 2.67. The molecule has 134 valence electrons. The molecule has 0 radical (unpaired) electrons. The second-order valence-electron chi connectivity index (χ2n) is 5.36. The van der Waals surface area contributed by atoms with Crippen LogP contribution in [0.4, 0.5) is 14.5 Å². The lowest BCUT2D eigenvalue weighted by atomic mass is 10.1. The molecular formula is C19H16F2N2O2S. The SMILES string of the molecule is FC(F)Oc1ccc(NC(=S)N[C@H](c2ccccc2)c2ccco2)cc1. The molecule has 0 saturated heterocycles. The standard InChI is InChI=1S/C19H16F2N2O2S/c20-18(21)25-15-10-8-14(9-11-15)22-19(26)23-17(16-7-4-12-24-16)13-5-2-1-3-6-13/h1-12,17-18H,(H2,22,23,26)/t17-/m1/s1. The minimum atomic E-state index is -2.85. The van der Waals surface area contributed by atoms with Gasteiger partial charge in [0.1, 0.15) is 17.6 Å². The van der Waals surface area contributed by atoms with E-state index in [-0.39, 0.29) is 11.8 Å². The van der Waals surface area contributed by atoms with Crippen LogP contribution >= 0.6 is 12.2 Å². The van der Waals surface area contributed by atoms with E-state index < -0.39 is 6.61 Å². The molecule has 3 rings (SSSR count). The van der Waals surface area contributed by atoms with Gasteiger partial charge in [0.15, 0.2) is 5.11 Å². The van der Waals surface area contributed by atoms with Crippen molar-refractivity contribution in [1.29, 1.82) is 0 Å². The number of hydrogen-bond donors (Lipinski definition) is 2. The van der Waals surface area contributed by atoms with Crippen molar-refractivity contribution in [2.45, 2.75) is 12.7 Å². The molecule has 1 aromatic heterocycles. The molecule has 0 aliphatic carbocycles. The highest BCUT2D eigenvalue weighted by molar-refractivity contribution is 7.80. The molecule has 0 spiro atoms. The summed E-state index contributed by atoms with van der Waals surface area (Å²) in [5.74, 6) is 0.809. The van der Waals surface area contributed by atoms with Crippen LogP contribution < -0.4 is 15.4 Å². The summed E-state index contributed by atoms with van der Waals surface area (Å²) in [7, 11) is 0. The van der Waals surface area contributed by atoms with Gasteiger partial charge in [-0.25, -0.2) is 0 Å². The minimum Gasteiger partial charge on any atom is -0.467 e. The fraction of sp³-hybridized carbons (Fsp3) is 0.105. The molecule has 4 nitrogen and oxygen atoms in total. The normalized spacial score (nSPS) is 11.8. The zero-order valence-corrected chi connectivity index (χ0v) is 14.4. The molecule has 0 bridgehead atoms. The van der Waals surface area contributed by atoms with Crippen molar-refractivity contribution in [2.24, 2.45) is 0 Å². The molecule has 3 aromatic rings. The van der Waals surface area contributed by atoms with E-state index in [0.29, 0.717) is 10.8 Å². The summed E-state index contributed by atoms with van der Waals surface area (Å²) in [5, 5.41) is 6.60. The van der Waals surface area contributed by atoms with Gasteiger partial charge in [0, 0.05) is 5.69 Å². The molecule has 2 aromatic carbocycles. The Hall–Kier alpha value is -2.93. The topological polar surface area (TPSA) is 46.4 Å². The summed E-state index contributed by atoms with van der Waals surface area (Å²) in [6, 6.07) is 19.3. The maximum atomic E-state index is 12.2. The van der Waals surface area contributed by atoms with E-state index in [9.17, 15) is 8.78 Å². The third-order valence-corrected chi connectivity index (χ3v) is 3.79. The predicted molar refractivity (Wildman–Crippen MR) is 99.4 cm³/mol. The second-order valence-corrected chi connectivity index (χ2v) is 5.77. The van der Waals surface area contributed by atoms with Gasteiger partial charge < -0.3 is 19.8 Å². The molecule has 0 amide bonds. The third kappa shape index (κ3) is 4.80. The summed E-state index contributed by atoms with van der Waals surface area (Å²) in [6.45, 7) is -2.85. The van der Waals surface area contributed by atoms with Crippen LogP contribution in [0.2, 0.25) is 0 Å². The second kappa shape index (κ2) is 8.44. The molecule has 0 saturated carbocycles. The average Bonchev–Trinajstić information content (AvgIpc) is 3.16. The third-order valence-electron chi connectivity index (χ3n) is 3.57. The number of benzene rings is 2. The van der Waals surface area contributed by atoms with E-state index in [1.807, 2.05) is 42.5 Å². The van der Waals surface area contributed by atoms with Crippen LogP contribution in [-0.2, 0) is 0 Å². The summed E-state index contributed by atoms with van der Waals surface area (Å²) in [5.41, 5.74) is 1.64. The first-order chi connectivity index (χ1) is 12.6. The molecule has 7 heteroatoms. The molecular weight excluding hydrogens is 358 g/mol. The van der Waals surface area contributed by atoms with Gasteiger partial charge in [-0.15, -0.1) is 0 Å². The van der Waals surface area contributed by atoms with Crippen LogP contribution in [0.5, 0.6) is 5.75 Å². The van der Waals surface area contributed by atoms with Crippen LogP contribution in [-0.4, -0.2) is 11.7 Å². The molecule has 1 atom stereocenters. The molecule has 0 aliphatic heterocycles. The Morgan fingerprint density at radius 3 is 2.31 bits per heavy atom. The summed E-state index contributed by atoms with van der Waals surface area (Å²) >= 11 is 5.37. The smallest absolute Gasteiger partial charge is 0.387 e. The Balaban J connectivity index is 1.68. The Morgan fingerprint density at radius 2 is 1.69 bits per heavy atom. The van der Waals surface area contributed by atoms with Gasteiger partial charge in [-0.05, 0) is 54.2 Å². The van der Waals surface area contributed by atoms with Crippen LogP contribution in [0.3, 0.4) is 0 Å². The molecule has 2 N–H and O–H groups in total. The minimum absolute atomic E-state index is 0.0853. The Bertz CT molecular complexity index is 825. The fourth-order valence-electron chi connectivity index (χ4n) is 2.44. The Labute approximate surface area is 154 Å². The lowest BCUT2D eigenvalue weighted by Crippen LogP contribution is -2.32. The average molecular weight is 374 g/mol. The van der Waals surface area contributed by atoms with Gasteiger partial charge in [0.2, 0.25) is 0 Å². The predicted octanol–water partition coefficient (Wildman–Crippen LogP) is 4.96. The van der Waals surface area contributed by atoms with Crippen molar-refractivity contribution >= 4 is 23.0 Å². The quantitative estimate of drug-likeness (QED) is 0.598. The van der Waals surface area contributed by atoms with Crippen LogP contribution in [0, 0.1) is 0 Å². The number of thiocarbonyl (C=S) groups is 1. The maximum Gasteiger partial charge on any atom is 0.387 e. The van der Waals surface area contributed by atoms with E-state index >= 15 is 0 Å². The first-order valence-corrected chi connectivity index (χ1v) is 8.23. The summed E-state index contributed by atoms with van der Waals surface area (Å²) < 4.78 is 34.2. The van der Waals surface area contributed by atoms with Gasteiger partial charge in [-0.2, -0.15) is 8.78 Å². The molecule has 1 heterocycles. The number of furan rings is 1. The van der Waals surface area contributed by atoms with E-state index in [4.69, 9.17) is 16.6 Å². The summed E-state index contributed by atoms with van der Waals surface area (Å²) in [6.07, 6.45) is 1.60. The van der Waals surface area contributed by atoms with Crippen molar-refractivity contribution in [2.75, 3.05) is 5.32 Å². The largest absolute Gasteiger partial charge is 0.467 e. The Morgan fingerprint density at radius 1 is 0.962 bits per heavy atom. The van der Waals surface area contributed by atoms with E-state index in [1.54, 1.807) is 18.4 Å². The van der Waals surface area contributed by atoms with Crippen molar-refractivity contribution < 1.29 is 17.9 Å². The van der Waals surface area contributed by atoms with E-state index in [0.717, 1.165) is 11.3 Å². The number of halogens is 2. The molecule has 26 heavy (non-hydrogen) atoms. The lowest BCUT2D eigenvalue weighted by molar-refractivity contribution is -0.0498. The zero-order chi connectivity index (χ0) is 18.4. The van der Waals surface area contributed by atoms with E-state index in [1.165, 1.54) is 12.1 Å². The number of ether oxygens (including phenoxy) is 1. The van der Waals surface area contributed by atoms with Crippen molar-refractivity contribution in [1.82, 2.24) is 5.32 Å². The lowest BCUT2D eigenvalue weighted by Gasteiger charge is -2.19. The van der Waals surface area contributed by atoms with Gasteiger partial charge >= 0.3 is 6.61 Å². The monoisotopic (exact) mass is 374 g/mol. The first-order valence-electron chi connectivity index (χ1n) is 7.82. The molecule has 0 unspecified atom stereocenters. The van der Waals surface area contributed by atoms with E-state index in [2.05, 4.69) is 15.4 Å². The number of hydrogen-bond acceptors (Lipinski definition) is 3. The molecule has 0 aliphatic rings. The molecule has 0 fully saturated rings. The van der Waals surface area contributed by atoms with Crippen molar-refractivity contribution in [3.8, 4) is 5.75 Å². The number of rotatable bonds is 6. The van der Waals surface area contributed by atoms with Crippen LogP contribution in [0.15, 0.2) is 77.4 Å². The number of anilines is 1. The van der Waals surface area contributed by atoms with Crippen molar-refractivity contribution in [3.63, 3.8) is 0 Å². The highest BCUT2D eigenvalue weighted by atomic mass is 32.1. The zero-order valence-electron chi connectivity index (χ0n) is 13.6. The highest BCUT2D eigenvalue weighted by Gasteiger charge is 2.17.